The number of halogens is 2. The van der Waals surface area contributed by atoms with Gasteiger partial charge in [0.2, 0.25) is 0 Å². The summed E-state index contributed by atoms with van der Waals surface area (Å²) in [5, 5.41) is 8.01. The molecule has 2 aliphatic rings. The van der Waals surface area contributed by atoms with Crippen LogP contribution in [0, 0.1) is 10.8 Å². The zero-order valence-electron chi connectivity index (χ0n) is 16.7. The third-order valence-electron chi connectivity index (χ3n) is 6.07. The molecule has 1 saturated carbocycles. The van der Waals surface area contributed by atoms with E-state index in [1.54, 1.807) is 24.3 Å². The second kappa shape index (κ2) is 7.63. The minimum Gasteiger partial charge on any atom is -0.354 e. The van der Waals surface area contributed by atoms with E-state index in [9.17, 15) is 9.59 Å². The lowest BCUT2D eigenvalue weighted by Gasteiger charge is -2.52. The van der Waals surface area contributed by atoms with Crippen molar-refractivity contribution in [3.8, 4) is 0 Å². The van der Waals surface area contributed by atoms with E-state index in [4.69, 9.17) is 35.4 Å². The highest BCUT2D eigenvalue weighted by atomic mass is 35.5. The first-order chi connectivity index (χ1) is 14.1. The van der Waals surface area contributed by atoms with Crippen molar-refractivity contribution in [2.45, 2.75) is 38.8 Å². The molecule has 156 valence electrons. The van der Waals surface area contributed by atoms with E-state index >= 15 is 0 Å². The Kier molecular flexibility index (Phi) is 5.41. The number of benzene rings is 2. The molecule has 7 heteroatoms. The van der Waals surface area contributed by atoms with Gasteiger partial charge in [0.25, 0.3) is 0 Å². The highest BCUT2D eigenvalue weighted by molar-refractivity contribution is 7.80. The van der Waals surface area contributed by atoms with Gasteiger partial charge in [-0.1, -0.05) is 61.3 Å². The number of nitrogens with one attached hydrogen (secondary N) is 2. The van der Waals surface area contributed by atoms with Gasteiger partial charge in [-0.3, -0.25) is 9.59 Å². The molecule has 1 aliphatic heterocycles. The Balaban J connectivity index is 1.93. The Labute approximate surface area is 191 Å². The van der Waals surface area contributed by atoms with Gasteiger partial charge in [0.05, 0.1) is 12.1 Å². The molecule has 0 amide bonds. The Morgan fingerprint density at radius 1 is 0.800 bits per heavy atom. The van der Waals surface area contributed by atoms with Gasteiger partial charge in [0.15, 0.2) is 16.7 Å². The maximum atomic E-state index is 13.8. The Morgan fingerprint density at radius 3 is 1.53 bits per heavy atom. The highest BCUT2D eigenvalue weighted by Crippen LogP contribution is 2.54. The van der Waals surface area contributed by atoms with Crippen LogP contribution < -0.4 is 10.6 Å². The molecule has 2 aromatic carbocycles. The third-order valence-corrected chi connectivity index (χ3v) is 6.81. The number of hydrogen-bond donors (Lipinski definition) is 2. The minimum absolute atomic E-state index is 0.0915. The number of thiocarbonyl (C=S) groups is 1. The SMILES string of the molecule is CC1(C)CC(=O)C2(C(=O)C1)C(c1ccc(Cl)cc1)NC(=S)NC2c1ccc(Cl)cc1. The Morgan fingerprint density at radius 2 is 1.17 bits per heavy atom. The number of Topliss-reactive ketones (excluding diaryl/α,β-unsaturated/α-hetero) is 2. The van der Waals surface area contributed by atoms with Crippen LogP contribution in [0.25, 0.3) is 0 Å². The van der Waals surface area contributed by atoms with Crippen molar-refractivity contribution in [2.75, 3.05) is 0 Å². The summed E-state index contributed by atoms with van der Waals surface area (Å²) in [6, 6.07) is 13.2. The van der Waals surface area contributed by atoms with Crippen molar-refractivity contribution in [2.24, 2.45) is 10.8 Å². The van der Waals surface area contributed by atoms with E-state index in [0.29, 0.717) is 28.0 Å². The summed E-state index contributed by atoms with van der Waals surface area (Å²) < 4.78 is 0. The molecule has 4 nitrogen and oxygen atoms in total. The van der Waals surface area contributed by atoms with Crippen LogP contribution in [-0.4, -0.2) is 16.7 Å². The summed E-state index contributed by atoms with van der Waals surface area (Å²) >= 11 is 17.7. The van der Waals surface area contributed by atoms with Crippen LogP contribution in [0.5, 0.6) is 0 Å². The summed E-state index contributed by atoms with van der Waals surface area (Å²) in [5.41, 5.74) is -0.126. The summed E-state index contributed by atoms with van der Waals surface area (Å²) in [7, 11) is 0. The van der Waals surface area contributed by atoms with Crippen molar-refractivity contribution in [1.29, 1.82) is 0 Å². The van der Waals surface area contributed by atoms with Crippen molar-refractivity contribution < 1.29 is 9.59 Å². The lowest BCUT2D eigenvalue weighted by Crippen LogP contribution is -2.66. The summed E-state index contributed by atoms with van der Waals surface area (Å²) in [6.07, 6.45) is 0.617. The average Bonchev–Trinajstić information content (AvgIpc) is 2.66. The molecule has 30 heavy (non-hydrogen) atoms. The fraction of sp³-hybridized carbons (Fsp3) is 0.348. The lowest BCUT2D eigenvalue weighted by molar-refractivity contribution is -0.154. The first kappa shape index (κ1) is 21.3. The predicted molar refractivity (Wildman–Crippen MR) is 123 cm³/mol. The third kappa shape index (κ3) is 3.53. The fourth-order valence-electron chi connectivity index (χ4n) is 4.72. The number of ketones is 2. The molecule has 0 radical (unpaired) electrons. The van der Waals surface area contributed by atoms with Gasteiger partial charge in [-0.15, -0.1) is 0 Å². The summed E-state index contributed by atoms with van der Waals surface area (Å²) in [5.74, 6) is -0.183. The van der Waals surface area contributed by atoms with E-state index < -0.39 is 17.5 Å². The molecule has 0 bridgehead atoms. The largest absolute Gasteiger partial charge is 0.354 e. The zero-order chi connectivity index (χ0) is 21.7. The zero-order valence-corrected chi connectivity index (χ0v) is 19.0. The van der Waals surface area contributed by atoms with Gasteiger partial charge in [-0.05, 0) is 53.0 Å². The normalized spacial score (nSPS) is 25.0. The van der Waals surface area contributed by atoms with Crippen LogP contribution >= 0.6 is 35.4 Å². The second-order valence-corrected chi connectivity index (χ2v) is 10.1. The molecule has 1 saturated heterocycles. The average molecular weight is 461 g/mol. The second-order valence-electron chi connectivity index (χ2n) is 8.82. The smallest absolute Gasteiger partial charge is 0.167 e. The van der Waals surface area contributed by atoms with Gasteiger partial charge >= 0.3 is 0 Å². The van der Waals surface area contributed by atoms with Crippen LogP contribution in [0.4, 0.5) is 0 Å². The maximum absolute atomic E-state index is 13.8. The quantitative estimate of drug-likeness (QED) is 0.476. The molecule has 4 rings (SSSR count). The number of carbonyl (C=O) groups excluding carboxylic acids is 2. The molecule has 2 fully saturated rings. The minimum atomic E-state index is -1.33. The van der Waals surface area contributed by atoms with Gasteiger partial charge in [0.1, 0.15) is 5.41 Å². The Hall–Kier alpha value is -1.95. The molecule has 0 aromatic heterocycles. The Bertz CT molecular complexity index is 939. The van der Waals surface area contributed by atoms with Crippen LogP contribution in [0.15, 0.2) is 48.5 Å². The molecule has 2 aromatic rings. The standard InChI is InChI=1S/C23H22Cl2N2O2S/c1-22(2)11-17(28)23(18(29)12-22)19(13-3-7-15(24)8-4-13)26-21(30)27-20(23)14-5-9-16(25)10-6-14/h3-10,19-20H,11-12H2,1-2H3,(H2,26,27,30). The van der Waals surface area contributed by atoms with Crippen molar-refractivity contribution >= 4 is 52.1 Å². The van der Waals surface area contributed by atoms with Gasteiger partial charge in [0, 0.05) is 22.9 Å². The maximum Gasteiger partial charge on any atom is 0.167 e. The predicted octanol–water partition coefficient (Wildman–Crippen LogP) is 5.20. The lowest BCUT2D eigenvalue weighted by atomic mass is 9.55. The van der Waals surface area contributed by atoms with Crippen LogP contribution in [-0.2, 0) is 9.59 Å². The molecule has 2 unspecified atom stereocenters. The monoisotopic (exact) mass is 460 g/mol. The molecule has 1 heterocycles. The molecule has 2 atom stereocenters. The van der Waals surface area contributed by atoms with E-state index in [1.807, 2.05) is 38.1 Å². The van der Waals surface area contributed by atoms with Crippen LogP contribution in [0.2, 0.25) is 10.0 Å². The number of carbonyl (C=O) groups is 2. The topological polar surface area (TPSA) is 58.2 Å². The van der Waals surface area contributed by atoms with E-state index in [0.717, 1.165) is 11.1 Å². The molecule has 1 aliphatic carbocycles. The molecule has 1 spiro atoms. The fourth-order valence-corrected chi connectivity index (χ4v) is 5.21. The summed E-state index contributed by atoms with van der Waals surface area (Å²) in [4.78, 5) is 27.6. The number of rotatable bonds is 2. The molecular weight excluding hydrogens is 439 g/mol. The first-order valence-electron chi connectivity index (χ1n) is 9.78. The molecule has 2 N–H and O–H groups in total. The summed E-state index contributed by atoms with van der Waals surface area (Å²) in [6.45, 7) is 3.91. The number of hydrogen-bond acceptors (Lipinski definition) is 3. The van der Waals surface area contributed by atoms with E-state index in [-0.39, 0.29) is 17.0 Å². The van der Waals surface area contributed by atoms with Gasteiger partial charge < -0.3 is 10.6 Å². The van der Waals surface area contributed by atoms with Crippen LogP contribution in [0.1, 0.15) is 49.9 Å². The van der Waals surface area contributed by atoms with Gasteiger partial charge in [-0.25, -0.2) is 0 Å². The highest BCUT2D eigenvalue weighted by Gasteiger charge is 2.63. The van der Waals surface area contributed by atoms with Crippen molar-refractivity contribution in [3.05, 3.63) is 69.7 Å². The molecular formula is C23H22Cl2N2O2S. The van der Waals surface area contributed by atoms with Crippen molar-refractivity contribution in [3.63, 3.8) is 0 Å². The van der Waals surface area contributed by atoms with Gasteiger partial charge in [-0.2, -0.15) is 0 Å². The van der Waals surface area contributed by atoms with E-state index in [1.165, 1.54) is 0 Å². The van der Waals surface area contributed by atoms with E-state index in [2.05, 4.69) is 10.6 Å². The van der Waals surface area contributed by atoms with Crippen LogP contribution in [0.3, 0.4) is 0 Å². The van der Waals surface area contributed by atoms with Crippen molar-refractivity contribution in [1.82, 2.24) is 10.6 Å². The first-order valence-corrected chi connectivity index (χ1v) is 10.9.